The lowest BCUT2D eigenvalue weighted by Gasteiger charge is -2.28. The molecule has 3 N–H and O–H groups in total. The molecule has 1 aliphatic heterocycles. The molecule has 1 heterocycles. The minimum Gasteiger partial charge on any atom is -0.388 e. The smallest absolute Gasteiger partial charge is 0.130 e. The van der Waals surface area contributed by atoms with Gasteiger partial charge in [0, 0.05) is 37.3 Å². The molecule has 2 rings (SSSR count). The van der Waals surface area contributed by atoms with Gasteiger partial charge in [0.05, 0.1) is 5.69 Å². The Kier molecular flexibility index (Phi) is 6.41. The maximum Gasteiger partial charge on any atom is 0.130 e. The van der Waals surface area contributed by atoms with Crippen LogP contribution in [-0.2, 0) is 0 Å². The largest absolute Gasteiger partial charge is 0.388 e. The van der Waals surface area contributed by atoms with Crippen LogP contribution in [-0.4, -0.2) is 37.4 Å². The molecule has 0 fully saturated rings. The van der Waals surface area contributed by atoms with Crippen molar-refractivity contribution >= 4 is 11.5 Å². The van der Waals surface area contributed by atoms with Gasteiger partial charge in [0.25, 0.3) is 0 Å². The second-order valence-corrected chi connectivity index (χ2v) is 6.07. The van der Waals surface area contributed by atoms with Gasteiger partial charge in [0.1, 0.15) is 5.84 Å². The zero-order valence-electron chi connectivity index (χ0n) is 14.5. The number of nitrogens with two attached hydrogens (primary N) is 1. The van der Waals surface area contributed by atoms with Gasteiger partial charge in [-0.2, -0.15) is 0 Å². The second-order valence-electron chi connectivity index (χ2n) is 6.07. The van der Waals surface area contributed by atoms with Crippen molar-refractivity contribution < 1.29 is 0 Å². The number of amidine groups is 1. The number of rotatable bonds is 6. The van der Waals surface area contributed by atoms with Crippen LogP contribution in [0.15, 0.2) is 52.7 Å². The Hall–Kier alpha value is -2.07. The standard InChI is InChI=1S/C19H28N4/c1-4-5-6-11-21-18-10-12-23(3)14-17(18)19(20)22-16-9-7-8-15(2)13-16/h4-5,7-9,13,21H,6,10-12,14H2,1-3H3,(H2,20,22)/b5-4+. The fourth-order valence-electron chi connectivity index (χ4n) is 2.71. The van der Waals surface area contributed by atoms with Gasteiger partial charge in [-0.15, -0.1) is 0 Å². The number of benzene rings is 1. The summed E-state index contributed by atoms with van der Waals surface area (Å²) in [6, 6.07) is 8.13. The van der Waals surface area contributed by atoms with Gasteiger partial charge < -0.3 is 16.0 Å². The van der Waals surface area contributed by atoms with E-state index in [1.165, 1.54) is 11.3 Å². The van der Waals surface area contributed by atoms with Crippen LogP contribution in [0.5, 0.6) is 0 Å². The number of aliphatic imine (C=N–C) groups is 1. The highest BCUT2D eigenvalue weighted by Gasteiger charge is 2.18. The highest BCUT2D eigenvalue weighted by molar-refractivity contribution is 5.99. The average Bonchev–Trinajstić information content (AvgIpc) is 2.52. The molecule has 0 spiro atoms. The molecular weight excluding hydrogens is 284 g/mol. The van der Waals surface area contributed by atoms with E-state index in [0.29, 0.717) is 5.84 Å². The molecule has 0 bridgehead atoms. The molecule has 1 aliphatic rings. The maximum atomic E-state index is 6.33. The highest BCUT2D eigenvalue weighted by atomic mass is 15.1. The number of allylic oxidation sites excluding steroid dienone is 1. The van der Waals surface area contributed by atoms with Gasteiger partial charge >= 0.3 is 0 Å². The first kappa shape index (κ1) is 17.3. The Morgan fingerprint density at radius 1 is 1.43 bits per heavy atom. The zero-order chi connectivity index (χ0) is 16.7. The monoisotopic (exact) mass is 312 g/mol. The molecule has 0 amide bonds. The molecule has 0 unspecified atom stereocenters. The van der Waals surface area contributed by atoms with Gasteiger partial charge in [-0.3, -0.25) is 0 Å². The maximum absolute atomic E-state index is 6.33. The van der Waals surface area contributed by atoms with E-state index in [1.807, 2.05) is 19.1 Å². The van der Waals surface area contributed by atoms with E-state index in [9.17, 15) is 0 Å². The minimum absolute atomic E-state index is 0.621. The third-order valence-corrected chi connectivity index (χ3v) is 3.98. The molecule has 1 aromatic rings. The molecule has 4 nitrogen and oxygen atoms in total. The van der Waals surface area contributed by atoms with Crippen molar-refractivity contribution in [2.75, 3.05) is 26.7 Å². The normalized spacial score (nSPS) is 17.1. The first-order valence-electron chi connectivity index (χ1n) is 8.27. The summed E-state index contributed by atoms with van der Waals surface area (Å²) in [5, 5.41) is 3.55. The molecule has 0 saturated heterocycles. The second kappa shape index (κ2) is 8.53. The Morgan fingerprint density at radius 3 is 3.00 bits per heavy atom. The van der Waals surface area contributed by atoms with Crippen LogP contribution in [0, 0.1) is 6.92 Å². The molecule has 4 heteroatoms. The Labute approximate surface area is 139 Å². The van der Waals surface area contributed by atoms with Gasteiger partial charge in [-0.25, -0.2) is 4.99 Å². The van der Waals surface area contributed by atoms with Crippen LogP contribution < -0.4 is 11.1 Å². The summed E-state index contributed by atoms with van der Waals surface area (Å²) in [7, 11) is 2.12. The zero-order valence-corrected chi connectivity index (χ0v) is 14.5. The van der Waals surface area contributed by atoms with E-state index in [-0.39, 0.29) is 0 Å². The highest BCUT2D eigenvalue weighted by Crippen LogP contribution is 2.19. The fraction of sp³-hybridized carbons (Fsp3) is 0.421. The number of hydrogen-bond acceptors (Lipinski definition) is 3. The van der Waals surface area contributed by atoms with Crippen LogP contribution in [0.1, 0.15) is 25.3 Å². The Balaban J connectivity index is 2.20. The van der Waals surface area contributed by atoms with Crippen molar-refractivity contribution in [2.24, 2.45) is 10.7 Å². The lowest BCUT2D eigenvalue weighted by Crippen LogP contribution is -2.37. The van der Waals surface area contributed by atoms with Crippen molar-refractivity contribution in [1.29, 1.82) is 0 Å². The summed E-state index contributed by atoms with van der Waals surface area (Å²) in [5.74, 6) is 0.621. The lowest BCUT2D eigenvalue weighted by molar-refractivity contribution is 0.347. The molecule has 0 aromatic heterocycles. The van der Waals surface area contributed by atoms with E-state index in [0.717, 1.165) is 43.7 Å². The van der Waals surface area contributed by atoms with Gasteiger partial charge in [-0.05, 0) is 45.0 Å². The lowest BCUT2D eigenvalue weighted by atomic mass is 10.0. The van der Waals surface area contributed by atoms with E-state index in [2.05, 4.69) is 53.5 Å². The molecular formula is C19H28N4. The molecule has 1 aromatic carbocycles. The summed E-state index contributed by atoms with van der Waals surface area (Å²) < 4.78 is 0. The molecule has 0 radical (unpaired) electrons. The Morgan fingerprint density at radius 2 is 2.26 bits per heavy atom. The molecule has 0 saturated carbocycles. The number of likely N-dealkylation sites (N-methyl/N-ethyl adjacent to an activating group) is 1. The van der Waals surface area contributed by atoms with Crippen LogP contribution in [0.4, 0.5) is 5.69 Å². The SMILES string of the molecule is C/C=C/CCNC1=C(C(N)=Nc2cccc(C)c2)CN(C)CC1. The first-order valence-corrected chi connectivity index (χ1v) is 8.27. The molecule has 0 aliphatic carbocycles. The van der Waals surface area contributed by atoms with Gasteiger partial charge in [0.15, 0.2) is 0 Å². The van der Waals surface area contributed by atoms with Crippen molar-refractivity contribution in [3.8, 4) is 0 Å². The summed E-state index contributed by atoms with van der Waals surface area (Å²) >= 11 is 0. The van der Waals surface area contributed by atoms with E-state index >= 15 is 0 Å². The van der Waals surface area contributed by atoms with E-state index < -0.39 is 0 Å². The molecule has 23 heavy (non-hydrogen) atoms. The van der Waals surface area contributed by atoms with Crippen molar-refractivity contribution in [3.05, 3.63) is 53.3 Å². The van der Waals surface area contributed by atoms with Crippen molar-refractivity contribution in [3.63, 3.8) is 0 Å². The summed E-state index contributed by atoms with van der Waals surface area (Å²) in [4.78, 5) is 6.91. The van der Waals surface area contributed by atoms with Gasteiger partial charge in [0.2, 0.25) is 0 Å². The predicted octanol–water partition coefficient (Wildman–Crippen LogP) is 3.13. The van der Waals surface area contributed by atoms with Crippen LogP contribution in [0.3, 0.4) is 0 Å². The third kappa shape index (κ3) is 5.25. The quantitative estimate of drug-likeness (QED) is 0.367. The van der Waals surface area contributed by atoms with E-state index in [4.69, 9.17) is 5.73 Å². The van der Waals surface area contributed by atoms with Gasteiger partial charge in [-0.1, -0.05) is 24.3 Å². The minimum atomic E-state index is 0.621. The van der Waals surface area contributed by atoms with Crippen molar-refractivity contribution in [2.45, 2.75) is 26.7 Å². The fourth-order valence-corrected chi connectivity index (χ4v) is 2.71. The number of hydrogen-bond donors (Lipinski definition) is 2. The number of nitrogens with zero attached hydrogens (tertiary/aromatic N) is 2. The Bertz CT molecular complexity index is 614. The van der Waals surface area contributed by atoms with Crippen LogP contribution >= 0.6 is 0 Å². The summed E-state index contributed by atoms with van der Waals surface area (Å²) in [5.41, 5.74) is 10.8. The topological polar surface area (TPSA) is 53.6 Å². The summed E-state index contributed by atoms with van der Waals surface area (Å²) in [6.45, 7) is 6.94. The number of aryl methyl sites for hydroxylation is 1. The van der Waals surface area contributed by atoms with Crippen molar-refractivity contribution in [1.82, 2.24) is 10.2 Å². The van der Waals surface area contributed by atoms with Crippen LogP contribution in [0.2, 0.25) is 0 Å². The number of nitrogens with one attached hydrogen (secondary N) is 1. The molecule has 0 atom stereocenters. The summed E-state index contributed by atoms with van der Waals surface area (Å²) in [6.07, 6.45) is 6.27. The predicted molar refractivity (Wildman–Crippen MR) is 99.0 cm³/mol. The van der Waals surface area contributed by atoms with Crippen LogP contribution in [0.25, 0.3) is 0 Å². The third-order valence-electron chi connectivity index (χ3n) is 3.98. The molecule has 124 valence electrons. The first-order chi connectivity index (χ1) is 11.1. The average molecular weight is 312 g/mol. The van der Waals surface area contributed by atoms with E-state index in [1.54, 1.807) is 0 Å².